The van der Waals surface area contributed by atoms with Gasteiger partial charge in [-0.3, -0.25) is 4.68 Å². The van der Waals surface area contributed by atoms with Crippen molar-refractivity contribution in [2.45, 2.75) is 33.7 Å². The summed E-state index contributed by atoms with van der Waals surface area (Å²) in [7, 11) is 0. The standard InChI is InChI=1S/C15H18N4/c1-4-11-9-14(19(5-2)18-11)15-16-12-7-6-10(3)8-13(12)17-15/h6-9H,4-5H2,1-3H3,(H,16,17). The molecule has 0 spiro atoms. The monoisotopic (exact) mass is 254 g/mol. The summed E-state index contributed by atoms with van der Waals surface area (Å²) in [6.07, 6.45) is 0.944. The number of nitrogens with zero attached hydrogens (tertiary/aromatic N) is 3. The van der Waals surface area contributed by atoms with Crippen molar-refractivity contribution in [3.63, 3.8) is 0 Å². The first-order valence-electron chi connectivity index (χ1n) is 6.74. The summed E-state index contributed by atoms with van der Waals surface area (Å²) in [6, 6.07) is 8.38. The summed E-state index contributed by atoms with van der Waals surface area (Å²) in [4.78, 5) is 8.06. The zero-order chi connectivity index (χ0) is 13.4. The maximum atomic E-state index is 4.66. The van der Waals surface area contributed by atoms with E-state index in [1.807, 2.05) is 4.68 Å². The third-order valence-electron chi connectivity index (χ3n) is 3.37. The molecule has 0 unspecified atom stereocenters. The van der Waals surface area contributed by atoms with Crippen LogP contribution < -0.4 is 0 Å². The lowest BCUT2D eigenvalue weighted by atomic mass is 10.2. The zero-order valence-corrected chi connectivity index (χ0v) is 11.6. The van der Waals surface area contributed by atoms with Crippen LogP contribution in [0.5, 0.6) is 0 Å². The van der Waals surface area contributed by atoms with Crippen molar-refractivity contribution in [1.29, 1.82) is 0 Å². The van der Waals surface area contributed by atoms with Gasteiger partial charge in [0.05, 0.1) is 16.7 Å². The van der Waals surface area contributed by atoms with Gasteiger partial charge < -0.3 is 4.98 Å². The third-order valence-corrected chi connectivity index (χ3v) is 3.37. The maximum Gasteiger partial charge on any atom is 0.156 e. The zero-order valence-electron chi connectivity index (χ0n) is 11.6. The summed E-state index contributed by atoms with van der Waals surface area (Å²) in [6.45, 7) is 7.16. The Morgan fingerprint density at radius 2 is 2.05 bits per heavy atom. The molecule has 0 saturated heterocycles. The first-order valence-corrected chi connectivity index (χ1v) is 6.74. The van der Waals surface area contributed by atoms with Crippen molar-refractivity contribution in [1.82, 2.24) is 19.7 Å². The van der Waals surface area contributed by atoms with Crippen molar-refractivity contribution >= 4 is 11.0 Å². The molecule has 0 radical (unpaired) electrons. The summed E-state index contributed by atoms with van der Waals surface area (Å²) in [5.41, 5.74) is 5.49. The fourth-order valence-electron chi connectivity index (χ4n) is 2.32. The van der Waals surface area contributed by atoms with Crippen LogP contribution in [0.3, 0.4) is 0 Å². The fraction of sp³-hybridized carbons (Fsp3) is 0.333. The Morgan fingerprint density at radius 1 is 1.21 bits per heavy atom. The second-order valence-corrected chi connectivity index (χ2v) is 4.80. The Balaban J connectivity index is 2.15. The number of aromatic amines is 1. The maximum absolute atomic E-state index is 4.66. The molecule has 2 heterocycles. The number of nitrogens with one attached hydrogen (secondary N) is 1. The van der Waals surface area contributed by atoms with Crippen LogP contribution >= 0.6 is 0 Å². The van der Waals surface area contributed by atoms with Gasteiger partial charge in [0.1, 0.15) is 5.69 Å². The van der Waals surface area contributed by atoms with Gasteiger partial charge in [0, 0.05) is 6.54 Å². The average Bonchev–Trinajstić information content (AvgIpc) is 3.00. The Morgan fingerprint density at radius 3 is 2.79 bits per heavy atom. The van der Waals surface area contributed by atoms with Gasteiger partial charge in [-0.25, -0.2) is 4.98 Å². The van der Waals surface area contributed by atoms with Crippen LogP contribution in [0, 0.1) is 6.92 Å². The number of hydrogen-bond acceptors (Lipinski definition) is 2. The largest absolute Gasteiger partial charge is 0.337 e. The third kappa shape index (κ3) is 2.03. The second-order valence-electron chi connectivity index (χ2n) is 4.80. The van der Waals surface area contributed by atoms with Crippen molar-refractivity contribution in [3.05, 3.63) is 35.5 Å². The Kier molecular flexibility index (Phi) is 2.85. The summed E-state index contributed by atoms with van der Waals surface area (Å²) >= 11 is 0. The van der Waals surface area contributed by atoms with E-state index in [-0.39, 0.29) is 0 Å². The Bertz CT molecular complexity index is 721. The van der Waals surface area contributed by atoms with Crippen LogP contribution in [0.25, 0.3) is 22.6 Å². The molecule has 3 rings (SSSR count). The highest BCUT2D eigenvalue weighted by atomic mass is 15.3. The average molecular weight is 254 g/mol. The minimum atomic E-state index is 0.853. The Hall–Kier alpha value is -2.10. The molecule has 2 aromatic heterocycles. The quantitative estimate of drug-likeness (QED) is 0.779. The predicted molar refractivity (Wildman–Crippen MR) is 77.1 cm³/mol. The van der Waals surface area contributed by atoms with E-state index in [1.54, 1.807) is 0 Å². The smallest absolute Gasteiger partial charge is 0.156 e. The van der Waals surface area contributed by atoms with E-state index in [0.717, 1.165) is 41.2 Å². The van der Waals surface area contributed by atoms with Crippen molar-refractivity contribution in [2.75, 3.05) is 0 Å². The molecule has 0 bridgehead atoms. The normalized spacial score (nSPS) is 11.3. The number of hydrogen-bond donors (Lipinski definition) is 1. The van der Waals surface area contributed by atoms with Gasteiger partial charge in [0.25, 0.3) is 0 Å². The van der Waals surface area contributed by atoms with E-state index in [1.165, 1.54) is 5.56 Å². The number of aromatic nitrogens is 4. The minimum absolute atomic E-state index is 0.853. The lowest BCUT2D eigenvalue weighted by Gasteiger charge is -2.00. The van der Waals surface area contributed by atoms with E-state index in [4.69, 9.17) is 0 Å². The summed E-state index contributed by atoms with van der Waals surface area (Å²) < 4.78 is 2.00. The molecule has 0 aliphatic heterocycles. The van der Waals surface area contributed by atoms with Crippen LogP contribution in [0.2, 0.25) is 0 Å². The number of benzene rings is 1. The lowest BCUT2D eigenvalue weighted by molar-refractivity contribution is 0.653. The van der Waals surface area contributed by atoms with Crippen molar-refractivity contribution in [2.24, 2.45) is 0 Å². The van der Waals surface area contributed by atoms with Crippen LogP contribution in [-0.2, 0) is 13.0 Å². The number of H-pyrrole nitrogens is 1. The van der Waals surface area contributed by atoms with Crippen molar-refractivity contribution in [3.8, 4) is 11.5 Å². The molecule has 4 heteroatoms. The van der Waals surface area contributed by atoms with Crippen LogP contribution in [0.15, 0.2) is 24.3 Å². The van der Waals surface area contributed by atoms with E-state index in [9.17, 15) is 0 Å². The molecular weight excluding hydrogens is 236 g/mol. The molecule has 0 saturated carbocycles. The van der Waals surface area contributed by atoms with Crippen LogP contribution in [0.4, 0.5) is 0 Å². The predicted octanol–water partition coefficient (Wildman–Crippen LogP) is 3.32. The first-order chi connectivity index (χ1) is 9.21. The molecule has 4 nitrogen and oxygen atoms in total. The van der Waals surface area contributed by atoms with Gasteiger partial charge in [-0.2, -0.15) is 5.10 Å². The lowest BCUT2D eigenvalue weighted by Crippen LogP contribution is -2.00. The molecule has 1 aromatic carbocycles. The topological polar surface area (TPSA) is 46.5 Å². The summed E-state index contributed by atoms with van der Waals surface area (Å²) in [5, 5.41) is 4.57. The molecule has 0 atom stereocenters. The summed E-state index contributed by atoms with van der Waals surface area (Å²) in [5.74, 6) is 0.898. The molecule has 98 valence electrons. The number of imidazole rings is 1. The number of aryl methyl sites for hydroxylation is 3. The molecule has 0 aliphatic rings. The van der Waals surface area contributed by atoms with Crippen LogP contribution in [0.1, 0.15) is 25.1 Å². The number of rotatable bonds is 3. The fourth-order valence-corrected chi connectivity index (χ4v) is 2.32. The van der Waals surface area contributed by atoms with Gasteiger partial charge in [-0.1, -0.05) is 13.0 Å². The molecule has 0 aliphatic carbocycles. The Labute approximate surface area is 112 Å². The van der Waals surface area contributed by atoms with Crippen molar-refractivity contribution < 1.29 is 0 Å². The van der Waals surface area contributed by atoms with Gasteiger partial charge in [-0.05, 0) is 44.0 Å². The molecule has 19 heavy (non-hydrogen) atoms. The minimum Gasteiger partial charge on any atom is -0.337 e. The van der Waals surface area contributed by atoms with Gasteiger partial charge in [-0.15, -0.1) is 0 Å². The first kappa shape index (κ1) is 12.0. The molecular formula is C15H18N4. The van der Waals surface area contributed by atoms with E-state index in [2.05, 4.69) is 60.1 Å². The molecule has 1 N–H and O–H groups in total. The van der Waals surface area contributed by atoms with Gasteiger partial charge in [0.15, 0.2) is 5.82 Å². The molecule has 0 amide bonds. The highest BCUT2D eigenvalue weighted by Crippen LogP contribution is 2.22. The van der Waals surface area contributed by atoms with E-state index < -0.39 is 0 Å². The van der Waals surface area contributed by atoms with Gasteiger partial charge in [0.2, 0.25) is 0 Å². The highest BCUT2D eigenvalue weighted by Gasteiger charge is 2.12. The molecule has 0 fully saturated rings. The van der Waals surface area contributed by atoms with E-state index >= 15 is 0 Å². The van der Waals surface area contributed by atoms with Gasteiger partial charge >= 0.3 is 0 Å². The van der Waals surface area contributed by atoms with Crippen LogP contribution in [-0.4, -0.2) is 19.7 Å². The van der Waals surface area contributed by atoms with E-state index in [0.29, 0.717) is 0 Å². The SMILES string of the molecule is CCc1cc(-c2nc3ccc(C)cc3[nH]2)n(CC)n1. The molecule has 3 aromatic rings. The second kappa shape index (κ2) is 4.53. The highest BCUT2D eigenvalue weighted by molar-refractivity contribution is 5.79. The number of fused-ring (bicyclic) bond motifs is 1.